The van der Waals surface area contributed by atoms with E-state index >= 15 is 0 Å². The third kappa shape index (κ3) is 17.9. The van der Waals surface area contributed by atoms with Crippen molar-refractivity contribution in [2.75, 3.05) is 13.2 Å². The Kier molecular flexibility index (Phi) is 17.8. The van der Waals surface area contributed by atoms with E-state index in [0.717, 1.165) is 13.2 Å². The van der Waals surface area contributed by atoms with Crippen LogP contribution in [0.25, 0.3) is 0 Å². The van der Waals surface area contributed by atoms with Crippen molar-refractivity contribution in [1.29, 1.82) is 0 Å². The van der Waals surface area contributed by atoms with Crippen molar-refractivity contribution in [3.05, 3.63) is 12.7 Å². The van der Waals surface area contributed by atoms with Gasteiger partial charge in [0.2, 0.25) is 0 Å². The molecule has 0 aromatic rings. The van der Waals surface area contributed by atoms with Crippen molar-refractivity contribution in [2.24, 2.45) is 0 Å². The molecule has 0 aliphatic rings. The monoisotopic (exact) mass is 286 g/mol. The highest BCUT2D eigenvalue weighted by molar-refractivity contribution is 6.17. The van der Waals surface area contributed by atoms with Crippen LogP contribution in [0.15, 0.2) is 12.7 Å². The van der Waals surface area contributed by atoms with Gasteiger partial charge >= 0.3 is 10.0 Å². The van der Waals surface area contributed by atoms with Crippen LogP contribution in [-0.4, -0.2) is 23.2 Å². The zero-order chi connectivity index (χ0) is 14.0. The fourth-order valence-corrected chi connectivity index (χ4v) is 2.71. The second kappa shape index (κ2) is 17.9. The molecule has 0 aromatic heterocycles. The Balaban J connectivity index is 2.89. The van der Waals surface area contributed by atoms with Crippen LogP contribution >= 0.6 is 0 Å². The molecular weight excluding hydrogens is 252 g/mol. The van der Waals surface area contributed by atoms with Gasteiger partial charge in [0.25, 0.3) is 0 Å². The van der Waals surface area contributed by atoms with Crippen LogP contribution in [0.3, 0.4) is 0 Å². The zero-order valence-corrected chi connectivity index (χ0v) is 14.4. The van der Waals surface area contributed by atoms with Gasteiger partial charge in [-0.1, -0.05) is 57.4 Å². The normalized spacial score (nSPS) is 11.4. The van der Waals surface area contributed by atoms with Crippen molar-refractivity contribution < 1.29 is 8.85 Å². The Bertz CT molecular complexity index is 174. The zero-order valence-electron chi connectivity index (χ0n) is 13.0. The fourth-order valence-electron chi connectivity index (χ4n) is 2.11. The predicted molar refractivity (Wildman–Crippen MR) is 87.1 cm³/mol. The molecule has 0 rings (SSSR count). The number of rotatable bonds is 16. The van der Waals surface area contributed by atoms with E-state index in [2.05, 4.69) is 6.58 Å². The first kappa shape index (κ1) is 18.9. The lowest BCUT2D eigenvalue weighted by Crippen LogP contribution is -2.05. The van der Waals surface area contributed by atoms with Crippen molar-refractivity contribution >= 4 is 10.0 Å². The summed E-state index contributed by atoms with van der Waals surface area (Å²) in [6.07, 6.45) is 16.9. The van der Waals surface area contributed by atoms with Crippen LogP contribution in [0.1, 0.15) is 77.6 Å². The van der Waals surface area contributed by atoms with Crippen LogP contribution in [0.5, 0.6) is 0 Å². The molecule has 19 heavy (non-hydrogen) atoms. The number of allylic oxidation sites excluding steroid dienone is 1. The molecule has 114 valence electrons. The van der Waals surface area contributed by atoms with Gasteiger partial charge < -0.3 is 8.85 Å². The quantitative estimate of drug-likeness (QED) is 0.236. The summed E-state index contributed by atoms with van der Waals surface area (Å²) in [5.74, 6) is 0. The average Bonchev–Trinajstić information content (AvgIpc) is 2.43. The van der Waals surface area contributed by atoms with E-state index in [4.69, 9.17) is 8.85 Å². The Hall–Kier alpha value is -0.123. The molecule has 2 nitrogen and oxygen atoms in total. The minimum Gasteiger partial charge on any atom is -0.399 e. The largest absolute Gasteiger partial charge is 0.399 e. The first-order chi connectivity index (χ1) is 9.41. The maximum atomic E-state index is 5.48. The summed E-state index contributed by atoms with van der Waals surface area (Å²) in [5, 5.41) is 0. The Labute approximate surface area is 123 Å². The van der Waals surface area contributed by atoms with Crippen molar-refractivity contribution in [1.82, 2.24) is 0 Å². The summed E-state index contributed by atoms with van der Waals surface area (Å²) in [5.41, 5.74) is 0. The second-order valence-electron chi connectivity index (χ2n) is 5.13. The van der Waals surface area contributed by atoms with Gasteiger partial charge in [-0.3, -0.25) is 0 Å². The van der Waals surface area contributed by atoms with Gasteiger partial charge in [0, 0.05) is 13.2 Å². The summed E-state index contributed by atoms with van der Waals surface area (Å²) >= 11 is 0. The fraction of sp³-hybridized carbons (Fsp3) is 0.875. The molecule has 3 heteroatoms. The van der Waals surface area contributed by atoms with Gasteiger partial charge in [-0.05, 0) is 26.2 Å². The van der Waals surface area contributed by atoms with Crippen LogP contribution in [0.2, 0.25) is 0 Å². The third-order valence-corrected chi connectivity index (χ3v) is 4.35. The topological polar surface area (TPSA) is 18.5 Å². The van der Waals surface area contributed by atoms with Gasteiger partial charge in [-0.15, -0.1) is 6.58 Å². The van der Waals surface area contributed by atoms with Crippen molar-refractivity contribution in [3.8, 4) is 0 Å². The smallest absolute Gasteiger partial charge is 0.304 e. The summed E-state index contributed by atoms with van der Waals surface area (Å²) in [6, 6.07) is 0. The van der Waals surface area contributed by atoms with Gasteiger partial charge in [-0.25, -0.2) is 0 Å². The van der Waals surface area contributed by atoms with E-state index < -0.39 is 10.0 Å². The van der Waals surface area contributed by atoms with E-state index in [0.29, 0.717) is 0 Å². The summed E-state index contributed by atoms with van der Waals surface area (Å²) in [7, 11) is -0.655. The molecule has 0 spiro atoms. The van der Waals surface area contributed by atoms with Crippen LogP contribution in [0.4, 0.5) is 0 Å². The molecule has 0 fully saturated rings. The molecule has 0 radical (unpaired) electrons. The molecule has 0 bridgehead atoms. The Morgan fingerprint density at radius 3 is 1.84 bits per heavy atom. The van der Waals surface area contributed by atoms with Gasteiger partial charge in [0.1, 0.15) is 0 Å². The van der Waals surface area contributed by atoms with Crippen LogP contribution in [0, 0.1) is 0 Å². The maximum absolute atomic E-state index is 5.48. The molecule has 0 aromatic carbocycles. The van der Waals surface area contributed by atoms with Crippen molar-refractivity contribution in [3.63, 3.8) is 0 Å². The molecule has 0 saturated carbocycles. The minimum atomic E-state index is -0.655. The number of hydrogen-bond donors (Lipinski definition) is 0. The van der Waals surface area contributed by atoms with E-state index in [1.807, 2.05) is 13.0 Å². The van der Waals surface area contributed by atoms with Crippen LogP contribution < -0.4 is 0 Å². The van der Waals surface area contributed by atoms with E-state index in [1.54, 1.807) is 0 Å². The van der Waals surface area contributed by atoms with Gasteiger partial charge in [0.15, 0.2) is 0 Å². The Morgan fingerprint density at radius 1 is 0.789 bits per heavy atom. The summed E-state index contributed by atoms with van der Waals surface area (Å²) in [4.78, 5) is 0. The first-order valence-electron chi connectivity index (χ1n) is 8.18. The summed E-state index contributed by atoms with van der Waals surface area (Å²) < 4.78 is 10.7. The molecule has 0 saturated heterocycles. The lowest BCUT2D eigenvalue weighted by atomic mass is 10.1. The molecule has 0 heterocycles. The summed E-state index contributed by atoms with van der Waals surface area (Å²) in [6.45, 7) is 7.49. The van der Waals surface area contributed by atoms with E-state index in [-0.39, 0.29) is 0 Å². The average molecular weight is 287 g/mol. The number of hydrogen-bond acceptors (Lipinski definition) is 2. The maximum Gasteiger partial charge on any atom is 0.304 e. The molecular formula is C16H34O2Si. The molecule has 0 aliphatic heterocycles. The molecule has 0 aliphatic carbocycles. The lowest BCUT2D eigenvalue weighted by molar-refractivity contribution is 0.225. The first-order valence-corrected chi connectivity index (χ1v) is 9.33. The highest BCUT2D eigenvalue weighted by atomic mass is 28.3. The van der Waals surface area contributed by atoms with E-state index in [1.165, 1.54) is 70.6 Å². The second-order valence-corrected chi connectivity index (χ2v) is 6.18. The van der Waals surface area contributed by atoms with Crippen LogP contribution in [-0.2, 0) is 8.85 Å². The highest BCUT2D eigenvalue weighted by Gasteiger charge is 1.93. The molecule has 0 atom stereocenters. The van der Waals surface area contributed by atoms with Gasteiger partial charge in [0.05, 0.1) is 0 Å². The third-order valence-electron chi connectivity index (χ3n) is 3.32. The van der Waals surface area contributed by atoms with Crippen molar-refractivity contribution in [2.45, 2.75) is 77.6 Å². The minimum absolute atomic E-state index is 0.655. The highest BCUT2D eigenvalue weighted by Crippen LogP contribution is 2.11. The molecule has 0 N–H and O–H groups in total. The lowest BCUT2D eigenvalue weighted by Gasteiger charge is -2.04. The van der Waals surface area contributed by atoms with Gasteiger partial charge in [-0.2, -0.15) is 0 Å². The SMILES string of the molecule is C=CCCCCCCCCCCCCO[SiH2]OCC. The Morgan fingerprint density at radius 2 is 1.32 bits per heavy atom. The standard InChI is InChI=1S/C16H34O2Si/c1-3-5-6-7-8-9-10-11-12-13-14-15-16-18-19-17-4-2/h3H,1,4-16,19H2,2H3. The predicted octanol–water partition coefficient (Wildman–Crippen LogP) is 4.52. The molecule has 0 unspecified atom stereocenters. The number of unbranched alkanes of at least 4 members (excludes halogenated alkanes) is 10. The molecule has 0 amide bonds. The van der Waals surface area contributed by atoms with E-state index in [9.17, 15) is 0 Å².